The molecule has 2 amide bonds. The van der Waals surface area contributed by atoms with Gasteiger partial charge in [-0.05, 0) is 56.0 Å². The van der Waals surface area contributed by atoms with Gasteiger partial charge < -0.3 is 9.64 Å². The van der Waals surface area contributed by atoms with Gasteiger partial charge in [-0.1, -0.05) is 12.1 Å². The summed E-state index contributed by atoms with van der Waals surface area (Å²) < 4.78 is 60.3. The van der Waals surface area contributed by atoms with Crippen molar-refractivity contribution < 1.29 is 31.9 Å². The molecule has 0 radical (unpaired) electrons. The Hall–Kier alpha value is -3.91. The molecule has 0 spiro atoms. The van der Waals surface area contributed by atoms with Gasteiger partial charge in [0, 0.05) is 30.2 Å². The quantitative estimate of drug-likeness (QED) is 0.290. The Kier molecular flexibility index (Phi) is 7.73. The molecule has 1 atom stereocenters. The monoisotopic (exact) mass is 545 g/mol. The Balaban J connectivity index is 1.76. The van der Waals surface area contributed by atoms with E-state index in [9.17, 15) is 27.2 Å². The number of nitrogens with zero attached hydrogens (tertiary/aromatic N) is 3. The van der Waals surface area contributed by atoms with E-state index in [-0.39, 0.29) is 41.6 Å². The SMILES string of the molecule is C#Cc1nc(C(=O)N(c2cc(OC(C)C)cc(C(F)(F)F)c2)C2CCN(Cc3ccc(F)cc3)C2=O)cs1. The van der Waals surface area contributed by atoms with Crippen LogP contribution in [0.3, 0.4) is 0 Å². The number of anilines is 1. The Morgan fingerprint density at radius 3 is 2.58 bits per heavy atom. The summed E-state index contributed by atoms with van der Waals surface area (Å²) in [6.07, 6.45) is 0.369. The van der Waals surface area contributed by atoms with Crippen LogP contribution in [0.1, 0.15) is 46.9 Å². The highest BCUT2D eigenvalue weighted by Gasteiger charge is 2.41. The summed E-state index contributed by atoms with van der Waals surface area (Å²) in [7, 11) is 0. The van der Waals surface area contributed by atoms with Crippen LogP contribution in [0.5, 0.6) is 5.75 Å². The van der Waals surface area contributed by atoms with Crippen molar-refractivity contribution in [3.8, 4) is 18.1 Å². The Morgan fingerprint density at radius 1 is 1.26 bits per heavy atom. The topological polar surface area (TPSA) is 62.7 Å². The minimum absolute atomic E-state index is 0.0866. The molecule has 2 heterocycles. The molecule has 1 unspecified atom stereocenters. The summed E-state index contributed by atoms with van der Waals surface area (Å²) in [5.74, 6) is 0.580. The number of hydrogen-bond acceptors (Lipinski definition) is 5. The molecule has 0 N–H and O–H groups in total. The first-order valence-electron chi connectivity index (χ1n) is 11.6. The van der Waals surface area contributed by atoms with Crippen LogP contribution in [-0.4, -0.2) is 40.4 Å². The van der Waals surface area contributed by atoms with Crippen molar-refractivity contribution in [3.05, 3.63) is 75.5 Å². The predicted molar refractivity (Wildman–Crippen MR) is 134 cm³/mol. The lowest BCUT2D eigenvalue weighted by atomic mass is 10.1. The van der Waals surface area contributed by atoms with Gasteiger partial charge in [0.05, 0.1) is 11.7 Å². The number of ether oxygens (including phenoxy) is 1. The number of amides is 2. The number of terminal acetylenes is 1. The van der Waals surface area contributed by atoms with Crippen molar-refractivity contribution in [1.82, 2.24) is 9.88 Å². The third-order valence-electron chi connectivity index (χ3n) is 5.80. The maximum atomic E-state index is 13.8. The summed E-state index contributed by atoms with van der Waals surface area (Å²) in [5, 5.41) is 1.62. The molecule has 6 nitrogen and oxygen atoms in total. The van der Waals surface area contributed by atoms with Crippen molar-refractivity contribution >= 4 is 28.8 Å². The van der Waals surface area contributed by atoms with Crippen LogP contribution in [0.4, 0.5) is 23.2 Å². The van der Waals surface area contributed by atoms with Gasteiger partial charge in [-0.15, -0.1) is 17.8 Å². The predicted octanol–water partition coefficient (Wildman–Crippen LogP) is 5.52. The molecule has 1 fully saturated rings. The average molecular weight is 546 g/mol. The first kappa shape index (κ1) is 27.1. The fourth-order valence-corrected chi connectivity index (χ4v) is 4.75. The molecule has 0 aliphatic carbocycles. The van der Waals surface area contributed by atoms with Crippen molar-refractivity contribution in [2.24, 2.45) is 0 Å². The number of rotatable bonds is 7. The molecule has 1 saturated heterocycles. The smallest absolute Gasteiger partial charge is 0.416 e. The van der Waals surface area contributed by atoms with Gasteiger partial charge in [-0.2, -0.15) is 13.2 Å². The number of likely N-dealkylation sites (tertiary alicyclic amines) is 1. The lowest BCUT2D eigenvalue weighted by molar-refractivity contribution is -0.137. The molecular formula is C27H23F4N3O3S. The number of hydrogen-bond donors (Lipinski definition) is 0. The van der Waals surface area contributed by atoms with Gasteiger partial charge in [-0.25, -0.2) is 9.37 Å². The molecule has 4 rings (SSSR count). The highest BCUT2D eigenvalue weighted by Crippen LogP contribution is 2.37. The molecule has 2 aromatic carbocycles. The van der Waals surface area contributed by atoms with Gasteiger partial charge >= 0.3 is 6.18 Å². The van der Waals surface area contributed by atoms with Crippen molar-refractivity contribution in [1.29, 1.82) is 0 Å². The molecule has 1 aliphatic rings. The van der Waals surface area contributed by atoms with Gasteiger partial charge in [0.2, 0.25) is 5.91 Å². The van der Waals surface area contributed by atoms with Gasteiger partial charge in [0.1, 0.15) is 23.3 Å². The van der Waals surface area contributed by atoms with E-state index in [4.69, 9.17) is 11.2 Å². The first-order valence-corrected chi connectivity index (χ1v) is 12.5. The summed E-state index contributed by atoms with van der Waals surface area (Å²) >= 11 is 1.03. The van der Waals surface area contributed by atoms with E-state index in [1.807, 2.05) is 0 Å². The third-order valence-corrected chi connectivity index (χ3v) is 6.58. The third kappa shape index (κ3) is 5.97. The molecule has 0 bridgehead atoms. The van der Waals surface area contributed by atoms with E-state index >= 15 is 0 Å². The van der Waals surface area contributed by atoms with Crippen LogP contribution in [0.15, 0.2) is 47.8 Å². The summed E-state index contributed by atoms with van der Waals surface area (Å²) in [4.78, 5) is 33.8. The number of carbonyl (C=O) groups excluding carboxylic acids is 2. The second-order valence-corrected chi connectivity index (χ2v) is 9.79. The second kappa shape index (κ2) is 10.8. The molecule has 198 valence electrons. The molecule has 3 aromatic rings. The van der Waals surface area contributed by atoms with Gasteiger partial charge in [0.15, 0.2) is 5.01 Å². The molecule has 38 heavy (non-hydrogen) atoms. The number of aromatic nitrogens is 1. The lowest BCUT2D eigenvalue weighted by Gasteiger charge is -2.29. The minimum Gasteiger partial charge on any atom is -0.491 e. The van der Waals surface area contributed by atoms with Crippen LogP contribution in [0.25, 0.3) is 0 Å². The van der Waals surface area contributed by atoms with Gasteiger partial charge in [-0.3, -0.25) is 14.5 Å². The van der Waals surface area contributed by atoms with E-state index in [1.54, 1.807) is 13.8 Å². The molecule has 1 aliphatic heterocycles. The Morgan fingerprint density at radius 2 is 1.97 bits per heavy atom. The summed E-state index contributed by atoms with van der Waals surface area (Å²) in [6, 6.07) is 7.49. The van der Waals surface area contributed by atoms with E-state index in [1.165, 1.54) is 40.6 Å². The van der Waals surface area contributed by atoms with Crippen LogP contribution in [0.2, 0.25) is 0 Å². The summed E-state index contributed by atoms with van der Waals surface area (Å²) in [5.41, 5.74) is -0.600. The highest BCUT2D eigenvalue weighted by atomic mass is 32.1. The van der Waals surface area contributed by atoms with Crippen LogP contribution >= 0.6 is 11.3 Å². The molecule has 0 saturated carbocycles. The zero-order valence-electron chi connectivity index (χ0n) is 20.5. The number of alkyl halides is 3. The van der Waals surface area contributed by atoms with Crippen molar-refractivity contribution in [2.45, 2.75) is 45.1 Å². The second-order valence-electron chi connectivity index (χ2n) is 8.93. The fraction of sp³-hybridized carbons (Fsp3) is 0.296. The maximum absolute atomic E-state index is 13.8. The van der Waals surface area contributed by atoms with Crippen LogP contribution in [-0.2, 0) is 17.5 Å². The minimum atomic E-state index is -4.73. The van der Waals surface area contributed by atoms with E-state index in [0.29, 0.717) is 5.56 Å². The standard InChI is InChI=1S/C27H23F4N3O3S/c1-4-24-32-22(15-38-24)25(35)34(20-11-18(27(29,30)31)12-21(13-20)37-16(2)3)23-9-10-33(26(23)36)14-17-5-7-19(28)8-6-17/h1,5-8,11-13,15-16,23H,9-10,14H2,2-3H3. The largest absolute Gasteiger partial charge is 0.491 e. The highest BCUT2D eigenvalue weighted by molar-refractivity contribution is 7.10. The van der Waals surface area contributed by atoms with Gasteiger partial charge in [0.25, 0.3) is 5.91 Å². The maximum Gasteiger partial charge on any atom is 0.416 e. The number of benzene rings is 2. The zero-order valence-corrected chi connectivity index (χ0v) is 21.3. The van der Waals surface area contributed by atoms with Crippen molar-refractivity contribution in [2.75, 3.05) is 11.4 Å². The normalized spacial score (nSPS) is 15.6. The zero-order chi connectivity index (χ0) is 27.6. The fourth-order valence-electron chi connectivity index (χ4n) is 4.16. The lowest BCUT2D eigenvalue weighted by Crippen LogP contribution is -2.45. The van der Waals surface area contributed by atoms with Crippen LogP contribution < -0.4 is 9.64 Å². The first-order chi connectivity index (χ1) is 18.0. The average Bonchev–Trinajstić information content (AvgIpc) is 3.47. The van der Waals surface area contributed by atoms with E-state index in [2.05, 4.69) is 10.9 Å². The molecular weight excluding hydrogens is 522 g/mol. The Bertz CT molecular complexity index is 1380. The number of halogens is 4. The van der Waals surface area contributed by atoms with E-state index in [0.717, 1.165) is 28.4 Å². The number of carbonyl (C=O) groups is 2. The van der Waals surface area contributed by atoms with Crippen molar-refractivity contribution in [3.63, 3.8) is 0 Å². The van der Waals surface area contributed by atoms with E-state index < -0.39 is 41.5 Å². The number of thiazole rings is 1. The van der Waals surface area contributed by atoms with Crippen LogP contribution in [0, 0.1) is 18.2 Å². The molecule has 1 aromatic heterocycles. The summed E-state index contributed by atoms with van der Waals surface area (Å²) in [6.45, 7) is 3.71. The molecule has 11 heteroatoms. The Labute approximate surface area is 220 Å².